The lowest BCUT2D eigenvalue weighted by Gasteiger charge is -2.27. The van der Waals surface area contributed by atoms with Crippen molar-refractivity contribution in [1.82, 2.24) is 0 Å². The lowest BCUT2D eigenvalue weighted by atomic mass is 9.78. The summed E-state index contributed by atoms with van der Waals surface area (Å²) >= 11 is 0. The number of rotatable bonds is 5. The zero-order valence-electron chi connectivity index (χ0n) is 22.4. The lowest BCUT2D eigenvalue weighted by Crippen LogP contribution is -2.51. The van der Waals surface area contributed by atoms with Crippen LogP contribution in [-0.2, 0) is 18.3 Å². The first-order valence-electron chi connectivity index (χ1n) is 13.4. The van der Waals surface area contributed by atoms with Crippen LogP contribution in [0.2, 0.25) is 0 Å². The molecular weight excluding hydrogens is 512 g/mol. The number of phenols is 1. The zero-order valence-corrected chi connectivity index (χ0v) is 22.4. The SMILES string of the molecule is CCCCCc1cc(C)c2c(O)c3c(cc2c1)CCC31C(O)=c2c(=O)c3c(=O)cc(OC)c(=O)c=3c(=O)c2=C1O. The number of phenolic OH excluding ortho intramolecular Hbond substituents is 1. The van der Waals surface area contributed by atoms with E-state index in [0.717, 1.165) is 55.4 Å². The van der Waals surface area contributed by atoms with Gasteiger partial charge in [0.25, 0.3) is 0 Å². The van der Waals surface area contributed by atoms with Gasteiger partial charge < -0.3 is 20.1 Å². The minimum absolute atomic E-state index is 0.0774. The first kappa shape index (κ1) is 25.8. The summed E-state index contributed by atoms with van der Waals surface area (Å²) in [6.07, 6.45) is 4.61. The summed E-state index contributed by atoms with van der Waals surface area (Å²) in [4.78, 5) is 52.9. The van der Waals surface area contributed by atoms with Gasteiger partial charge in [-0.2, -0.15) is 0 Å². The van der Waals surface area contributed by atoms with Gasteiger partial charge in [0.05, 0.1) is 28.0 Å². The molecule has 40 heavy (non-hydrogen) atoms. The van der Waals surface area contributed by atoms with Crippen molar-refractivity contribution < 1.29 is 20.1 Å². The second-order valence-corrected chi connectivity index (χ2v) is 10.9. The van der Waals surface area contributed by atoms with Gasteiger partial charge in [-0.25, -0.2) is 0 Å². The Bertz CT molecular complexity index is 2190. The van der Waals surface area contributed by atoms with Crippen LogP contribution in [0.3, 0.4) is 0 Å². The highest BCUT2D eigenvalue weighted by Crippen LogP contribution is 2.54. The molecular formula is C32H28O8. The van der Waals surface area contributed by atoms with E-state index in [1.54, 1.807) is 0 Å². The van der Waals surface area contributed by atoms with Crippen molar-refractivity contribution in [2.45, 2.75) is 57.8 Å². The number of ether oxygens (including phenoxy) is 1. The molecule has 0 aromatic heterocycles. The van der Waals surface area contributed by atoms with E-state index in [1.165, 1.54) is 0 Å². The van der Waals surface area contributed by atoms with Crippen LogP contribution in [0, 0.1) is 17.4 Å². The molecule has 204 valence electrons. The molecule has 6 rings (SSSR count). The van der Waals surface area contributed by atoms with Gasteiger partial charge in [-0.3, -0.25) is 19.2 Å². The number of aryl methyl sites for hydroxylation is 3. The van der Waals surface area contributed by atoms with E-state index in [0.29, 0.717) is 17.4 Å². The van der Waals surface area contributed by atoms with Crippen LogP contribution < -0.4 is 36.9 Å². The van der Waals surface area contributed by atoms with Gasteiger partial charge in [-0.1, -0.05) is 38.0 Å². The van der Waals surface area contributed by atoms with Gasteiger partial charge >= 0.3 is 0 Å². The number of methoxy groups -OCH3 is 1. The topological polar surface area (TPSA) is 138 Å². The Morgan fingerprint density at radius 1 is 0.850 bits per heavy atom. The molecule has 8 nitrogen and oxygen atoms in total. The maximum Gasteiger partial charge on any atom is 0.232 e. The van der Waals surface area contributed by atoms with E-state index in [4.69, 9.17) is 4.74 Å². The van der Waals surface area contributed by atoms with E-state index in [2.05, 4.69) is 6.92 Å². The third kappa shape index (κ3) is 3.13. The number of hydrogen-bond acceptors (Lipinski definition) is 8. The van der Waals surface area contributed by atoms with Gasteiger partial charge in [-0.15, -0.1) is 0 Å². The largest absolute Gasteiger partial charge is 0.510 e. The highest BCUT2D eigenvalue weighted by atomic mass is 16.5. The Labute approximate surface area is 227 Å². The summed E-state index contributed by atoms with van der Waals surface area (Å²) in [5.74, 6) is -1.75. The normalized spacial score (nSPS) is 17.8. The zero-order chi connectivity index (χ0) is 28.7. The Morgan fingerprint density at radius 2 is 1.52 bits per heavy atom. The monoisotopic (exact) mass is 540 g/mol. The summed E-state index contributed by atoms with van der Waals surface area (Å²) in [5, 5.41) is 33.9. The number of fused-ring (bicyclic) bond motifs is 4. The molecule has 0 radical (unpaired) electrons. The molecule has 2 aromatic carbocycles. The highest BCUT2D eigenvalue weighted by Gasteiger charge is 2.53. The summed E-state index contributed by atoms with van der Waals surface area (Å²) in [7, 11) is 1.16. The maximum atomic E-state index is 13.6. The molecule has 0 amide bonds. The summed E-state index contributed by atoms with van der Waals surface area (Å²) in [6.45, 7) is 4.03. The molecule has 0 saturated heterocycles. The number of unbranched alkanes of at least 4 members (excludes halogenated alkanes) is 2. The molecule has 1 spiro atoms. The van der Waals surface area contributed by atoms with E-state index in [-0.39, 0.29) is 17.7 Å². The summed E-state index contributed by atoms with van der Waals surface area (Å²) in [6, 6.07) is 6.81. The molecule has 1 atom stereocenters. The Hall–Kier alpha value is -4.46. The van der Waals surface area contributed by atoms with Gasteiger partial charge in [-0.05, 0) is 54.7 Å². The fourth-order valence-corrected chi connectivity index (χ4v) is 6.86. The first-order valence-corrected chi connectivity index (χ1v) is 13.4. The van der Waals surface area contributed by atoms with Crippen molar-refractivity contribution in [3.8, 4) is 11.5 Å². The fraction of sp³-hybridized carbons (Fsp3) is 0.312. The van der Waals surface area contributed by atoms with E-state index >= 15 is 0 Å². The van der Waals surface area contributed by atoms with Crippen LogP contribution >= 0.6 is 0 Å². The predicted octanol–water partition coefficient (Wildman–Crippen LogP) is 1.87. The number of aliphatic hydroxyl groups excluding tert-OH is 2. The fourth-order valence-electron chi connectivity index (χ4n) is 6.86. The quantitative estimate of drug-likeness (QED) is 0.326. The van der Waals surface area contributed by atoms with Crippen LogP contribution in [0.5, 0.6) is 11.5 Å². The van der Waals surface area contributed by atoms with Crippen LogP contribution in [0.4, 0.5) is 0 Å². The van der Waals surface area contributed by atoms with Gasteiger partial charge in [0, 0.05) is 17.0 Å². The number of aliphatic hydroxyl groups is 2. The third-order valence-electron chi connectivity index (χ3n) is 8.69. The standard InChI is InChI=1S/C32H28O8/c1-4-5-6-7-15-10-14(2)20-17(11-15)12-16-8-9-32(25(16)29(20)37)30(38)23-24(31(32)39)28(36)22-21(27(23)35)18(33)13-19(40-3)26(22)34/h10-13,37-39H,4-9H2,1-3H3. The van der Waals surface area contributed by atoms with Crippen molar-refractivity contribution in [3.05, 3.63) is 108 Å². The highest BCUT2D eigenvalue weighted by molar-refractivity contribution is 5.97. The molecule has 3 N–H and O–H groups in total. The van der Waals surface area contributed by atoms with Crippen LogP contribution in [0.15, 0.2) is 43.4 Å². The summed E-state index contributed by atoms with van der Waals surface area (Å²) in [5.41, 5.74) is -2.78. The molecule has 0 saturated carbocycles. The number of aromatic hydroxyl groups is 1. The molecule has 2 aromatic rings. The average Bonchev–Trinajstić information content (AvgIpc) is 3.40. The number of benzene rings is 2. The van der Waals surface area contributed by atoms with Crippen molar-refractivity contribution in [1.29, 1.82) is 0 Å². The molecule has 4 aliphatic carbocycles. The van der Waals surface area contributed by atoms with Gasteiger partial charge in [0.1, 0.15) is 22.7 Å². The Kier molecular flexibility index (Phi) is 5.66. The molecule has 4 aliphatic rings. The van der Waals surface area contributed by atoms with Crippen molar-refractivity contribution >= 4 is 22.3 Å². The van der Waals surface area contributed by atoms with Crippen LogP contribution in [0.1, 0.15) is 54.9 Å². The Morgan fingerprint density at radius 3 is 2.17 bits per heavy atom. The Balaban J connectivity index is 1.70. The minimum atomic E-state index is -1.76. The predicted molar refractivity (Wildman–Crippen MR) is 151 cm³/mol. The minimum Gasteiger partial charge on any atom is -0.510 e. The van der Waals surface area contributed by atoms with Crippen molar-refractivity contribution in [2.75, 3.05) is 7.11 Å². The van der Waals surface area contributed by atoms with E-state index in [9.17, 15) is 34.5 Å². The first-order chi connectivity index (χ1) is 19.1. The molecule has 1 unspecified atom stereocenters. The van der Waals surface area contributed by atoms with Crippen molar-refractivity contribution in [2.24, 2.45) is 0 Å². The van der Waals surface area contributed by atoms with E-state index < -0.39 is 65.3 Å². The average molecular weight is 541 g/mol. The molecule has 0 bridgehead atoms. The number of hydrogen-bond donors (Lipinski definition) is 3. The van der Waals surface area contributed by atoms with Crippen LogP contribution in [-0.4, -0.2) is 22.4 Å². The van der Waals surface area contributed by atoms with Crippen LogP contribution in [0.25, 0.3) is 22.3 Å². The third-order valence-corrected chi connectivity index (χ3v) is 8.69. The van der Waals surface area contributed by atoms with Crippen molar-refractivity contribution in [3.63, 3.8) is 0 Å². The smallest absolute Gasteiger partial charge is 0.232 e. The van der Waals surface area contributed by atoms with Gasteiger partial charge in [0.15, 0.2) is 11.2 Å². The maximum absolute atomic E-state index is 13.6. The molecule has 0 heterocycles. The molecule has 0 aliphatic heterocycles. The second-order valence-electron chi connectivity index (χ2n) is 10.9. The van der Waals surface area contributed by atoms with E-state index in [1.807, 2.05) is 25.1 Å². The van der Waals surface area contributed by atoms with Gasteiger partial charge in [0.2, 0.25) is 16.3 Å². The molecule has 8 heteroatoms. The summed E-state index contributed by atoms with van der Waals surface area (Å²) < 4.78 is 4.93. The molecule has 0 fully saturated rings. The lowest BCUT2D eigenvalue weighted by molar-refractivity contribution is 0.362. The second kappa shape index (κ2) is 8.78.